The number of pyridine rings is 1. The maximum absolute atomic E-state index is 12.3. The Balaban J connectivity index is 2.10. The molecule has 132 valence electrons. The van der Waals surface area contributed by atoms with Gasteiger partial charge in [0.2, 0.25) is 0 Å². The third kappa shape index (κ3) is 4.56. The number of carbonyl (C=O) groups is 1. The zero-order chi connectivity index (χ0) is 18.4. The minimum atomic E-state index is -0.450. The van der Waals surface area contributed by atoms with Gasteiger partial charge in [0.05, 0.1) is 11.4 Å². The molecule has 1 aromatic heterocycles. The van der Waals surface area contributed by atoms with Gasteiger partial charge >= 0.3 is 0 Å². The smallest absolute Gasteiger partial charge is 0.262 e. The minimum absolute atomic E-state index is 0.233. The molecule has 1 aromatic carbocycles. The van der Waals surface area contributed by atoms with Crippen molar-refractivity contribution in [3.63, 3.8) is 0 Å². The SMILES string of the molecule is CC/C(=N\NC(=O)C(C)Nc1cccnc1)c1ccc(O)c(C)c1C. The highest BCUT2D eigenvalue weighted by molar-refractivity contribution is 6.02. The fourth-order valence-corrected chi connectivity index (χ4v) is 2.43. The van der Waals surface area contributed by atoms with Gasteiger partial charge in [-0.25, -0.2) is 5.43 Å². The zero-order valence-corrected chi connectivity index (χ0v) is 15.0. The van der Waals surface area contributed by atoms with E-state index in [1.807, 2.05) is 32.9 Å². The summed E-state index contributed by atoms with van der Waals surface area (Å²) in [5.74, 6) is 0.0259. The van der Waals surface area contributed by atoms with Crippen LogP contribution in [0.5, 0.6) is 5.75 Å². The van der Waals surface area contributed by atoms with Crippen molar-refractivity contribution in [3.8, 4) is 5.75 Å². The van der Waals surface area contributed by atoms with E-state index in [0.29, 0.717) is 6.42 Å². The molecule has 0 radical (unpaired) electrons. The lowest BCUT2D eigenvalue weighted by Crippen LogP contribution is -2.35. The lowest BCUT2D eigenvalue weighted by Gasteiger charge is -2.15. The number of carbonyl (C=O) groups excluding carboxylic acids is 1. The summed E-state index contributed by atoms with van der Waals surface area (Å²) in [6.07, 6.45) is 4.00. The Kier molecular flexibility index (Phi) is 6.11. The molecule has 1 heterocycles. The summed E-state index contributed by atoms with van der Waals surface area (Å²) in [6, 6.07) is 6.67. The number of phenols is 1. The normalized spacial score (nSPS) is 12.6. The molecule has 0 saturated carbocycles. The van der Waals surface area contributed by atoms with Gasteiger partial charge in [0, 0.05) is 18.0 Å². The van der Waals surface area contributed by atoms with Gasteiger partial charge in [-0.2, -0.15) is 5.10 Å². The number of amides is 1. The van der Waals surface area contributed by atoms with E-state index in [2.05, 4.69) is 20.8 Å². The average molecular weight is 340 g/mol. The van der Waals surface area contributed by atoms with E-state index in [1.165, 1.54) is 0 Å². The molecule has 0 spiro atoms. The van der Waals surface area contributed by atoms with E-state index < -0.39 is 6.04 Å². The van der Waals surface area contributed by atoms with Crippen molar-refractivity contribution in [2.75, 3.05) is 5.32 Å². The maximum Gasteiger partial charge on any atom is 0.262 e. The first kappa shape index (κ1) is 18.4. The van der Waals surface area contributed by atoms with Gasteiger partial charge in [-0.15, -0.1) is 0 Å². The summed E-state index contributed by atoms with van der Waals surface area (Å²) >= 11 is 0. The first-order valence-corrected chi connectivity index (χ1v) is 8.26. The van der Waals surface area contributed by atoms with E-state index >= 15 is 0 Å². The molecule has 1 amide bonds. The van der Waals surface area contributed by atoms with E-state index in [4.69, 9.17) is 0 Å². The highest BCUT2D eigenvalue weighted by Crippen LogP contribution is 2.23. The lowest BCUT2D eigenvalue weighted by atomic mass is 9.98. The van der Waals surface area contributed by atoms with Crippen LogP contribution in [0, 0.1) is 13.8 Å². The minimum Gasteiger partial charge on any atom is -0.508 e. The molecule has 0 aliphatic carbocycles. The van der Waals surface area contributed by atoms with E-state index in [-0.39, 0.29) is 11.7 Å². The number of anilines is 1. The number of benzene rings is 1. The van der Waals surface area contributed by atoms with Crippen molar-refractivity contribution >= 4 is 17.3 Å². The van der Waals surface area contributed by atoms with Gasteiger partial charge in [0.1, 0.15) is 11.8 Å². The van der Waals surface area contributed by atoms with Crippen LogP contribution < -0.4 is 10.7 Å². The molecule has 2 rings (SSSR count). The second kappa shape index (κ2) is 8.28. The fraction of sp³-hybridized carbons (Fsp3) is 0.316. The fourth-order valence-electron chi connectivity index (χ4n) is 2.43. The summed E-state index contributed by atoms with van der Waals surface area (Å²) in [7, 11) is 0. The molecule has 2 aromatic rings. The second-order valence-electron chi connectivity index (χ2n) is 5.88. The molecule has 0 aliphatic heterocycles. The van der Waals surface area contributed by atoms with E-state index in [1.54, 1.807) is 31.5 Å². The first-order valence-electron chi connectivity index (χ1n) is 8.26. The molecule has 6 nitrogen and oxygen atoms in total. The van der Waals surface area contributed by atoms with Crippen LogP contribution in [-0.4, -0.2) is 27.8 Å². The number of nitrogens with one attached hydrogen (secondary N) is 2. The second-order valence-corrected chi connectivity index (χ2v) is 5.88. The Hall–Kier alpha value is -2.89. The number of hydrogen-bond acceptors (Lipinski definition) is 5. The summed E-state index contributed by atoms with van der Waals surface area (Å²) < 4.78 is 0. The van der Waals surface area contributed by atoms with Crippen LogP contribution in [0.15, 0.2) is 41.8 Å². The third-order valence-corrected chi connectivity index (χ3v) is 4.14. The summed E-state index contributed by atoms with van der Waals surface area (Å²) in [6.45, 7) is 7.53. The zero-order valence-electron chi connectivity index (χ0n) is 15.0. The molecular formula is C19H24N4O2. The Bertz CT molecular complexity index is 772. The van der Waals surface area contributed by atoms with Gasteiger partial charge < -0.3 is 10.4 Å². The summed E-state index contributed by atoms with van der Waals surface area (Å²) in [5, 5.41) is 17.1. The highest BCUT2D eigenvalue weighted by Gasteiger charge is 2.14. The standard InChI is InChI=1S/C19H24N4O2/c1-5-17(16-8-9-18(24)13(3)12(16)2)22-23-19(25)14(4)21-15-7-6-10-20-11-15/h6-11,14,21,24H,5H2,1-4H3,(H,23,25)/b22-17+. The number of hydrogen-bond donors (Lipinski definition) is 3. The average Bonchev–Trinajstić information content (AvgIpc) is 2.62. The number of aromatic hydroxyl groups is 1. The molecular weight excluding hydrogens is 316 g/mol. The van der Waals surface area contributed by atoms with Crippen molar-refractivity contribution in [2.24, 2.45) is 5.10 Å². The monoisotopic (exact) mass is 340 g/mol. The van der Waals surface area contributed by atoms with Crippen molar-refractivity contribution in [2.45, 2.75) is 40.2 Å². The number of nitrogens with zero attached hydrogens (tertiary/aromatic N) is 2. The molecule has 3 N–H and O–H groups in total. The van der Waals surface area contributed by atoms with Crippen LogP contribution in [0.4, 0.5) is 5.69 Å². The predicted molar refractivity (Wildman–Crippen MR) is 99.9 cm³/mol. The molecule has 0 aliphatic rings. The van der Waals surface area contributed by atoms with Crippen molar-refractivity contribution in [3.05, 3.63) is 53.3 Å². The lowest BCUT2D eigenvalue weighted by molar-refractivity contribution is -0.121. The number of phenolic OH excluding ortho intramolecular Hbond substituents is 1. The van der Waals surface area contributed by atoms with E-state index in [0.717, 1.165) is 28.1 Å². The third-order valence-electron chi connectivity index (χ3n) is 4.14. The first-order chi connectivity index (χ1) is 11.9. The van der Waals surface area contributed by atoms with Gasteiger partial charge in [0.25, 0.3) is 5.91 Å². The van der Waals surface area contributed by atoms with Crippen LogP contribution in [0.2, 0.25) is 0 Å². The molecule has 25 heavy (non-hydrogen) atoms. The van der Waals surface area contributed by atoms with Crippen LogP contribution in [0.3, 0.4) is 0 Å². The van der Waals surface area contributed by atoms with Crippen molar-refractivity contribution in [1.29, 1.82) is 0 Å². The summed E-state index contributed by atoms with van der Waals surface area (Å²) in [4.78, 5) is 16.3. The van der Waals surface area contributed by atoms with Crippen LogP contribution in [0.1, 0.15) is 37.0 Å². The molecule has 1 unspecified atom stereocenters. The van der Waals surface area contributed by atoms with E-state index in [9.17, 15) is 9.90 Å². The highest BCUT2D eigenvalue weighted by atomic mass is 16.3. The quantitative estimate of drug-likeness (QED) is 0.557. The Morgan fingerprint density at radius 1 is 1.28 bits per heavy atom. The van der Waals surface area contributed by atoms with Gasteiger partial charge in [0.15, 0.2) is 0 Å². The molecule has 0 bridgehead atoms. The summed E-state index contributed by atoms with van der Waals surface area (Å²) in [5.41, 5.74) is 6.85. The Morgan fingerprint density at radius 2 is 2.04 bits per heavy atom. The number of aromatic nitrogens is 1. The van der Waals surface area contributed by atoms with Crippen molar-refractivity contribution < 1.29 is 9.90 Å². The van der Waals surface area contributed by atoms with Gasteiger partial charge in [-0.1, -0.05) is 6.92 Å². The van der Waals surface area contributed by atoms with Gasteiger partial charge in [-0.3, -0.25) is 9.78 Å². The van der Waals surface area contributed by atoms with Crippen LogP contribution >= 0.6 is 0 Å². The predicted octanol–water partition coefficient (Wildman–Crippen LogP) is 3.13. The molecule has 6 heteroatoms. The molecule has 1 atom stereocenters. The largest absolute Gasteiger partial charge is 0.508 e. The number of hydrazone groups is 1. The number of rotatable bonds is 6. The molecule has 0 fully saturated rings. The van der Waals surface area contributed by atoms with Crippen LogP contribution in [0.25, 0.3) is 0 Å². The molecule has 0 saturated heterocycles. The Labute approximate surface area is 148 Å². The maximum atomic E-state index is 12.3. The van der Waals surface area contributed by atoms with Crippen LogP contribution in [-0.2, 0) is 4.79 Å². The van der Waals surface area contributed by atoms with Crippen molar-refractivity contribution in [1.82, 2.24) is 10.4 Å². The Morgan fingerprint density at radius 3 is 2.68 bits per heavy atom. The topological polar surface area (TPSA) is 86.6 Å². The van der Waals surface area contributed by atoms with Gasteiger partial charge in [-0.05, 0) is 62.6 Å².